The Morgan fingerprint density at radius 2 is 2.00 bits per heavy atom. The van der Waals surface area contributed by atoms with E-state index < -0.39 is 21.2 Å². The van der Waals surface area contributed by atoms with Gasteiger partial charge >= 0.3 is 0 Å². The molecule has 0 amide bonds. The molecule has 0 radical (unpaired) electrons. The molecule has 1 aliphatic rings. The molecule has 17 heavy (non-hydrogen) atoms. The van der Waals surface area contributed by atoms with E-state index in [1.165, 1.54) is 4.90 Å². The van der Waals surface area contributed by atoms with Gasteiger partial charge in [-0.15, -0.1) is 0 Å². The molecule has 0 aromatic rings. The molecule has 0 bridgehead atoms. The Hall–Kier alpha value is -0.0200. The highest BCUT2D eigenvalue weighted by Crippen LogP contribution is 2.17. The fourth-order valence-electron chi connectivity index (χ4n) is 2.55. The van der Waals surface area contributed by atoms with Crippen molar-refractivity contribution in [3.8, 4) is 0 Å². The van der Waals surface area contributed by atoms with E-state index in [9.17, 15) is 17.2 Å². The molecule has 0 saturated carbocycles. The number of hydrogen-bond acceptors (Lipinski definition) is 4. The molecular formula is C9H19NO5S2. The maximum Gasteiger partial charge on any atom is 0.265 e. The molecule has 0 aromatic heterocycles. The third-order valence-electron chi connectivity index (χ3n) is 3.15. The largest absolute Gasteiger partial charge is 0.772 e. The van der Waals surface area contributed by atoms with E-state index >= 15 is 0 Å². The van der Waals surface area contributed by atoms with Gasteiger partial charge in [-0.3, -0.25) is 8.76 Å². The number of nitrogens with one attached hydrogen (secondary N) is 1. The molecule has 6 nitrogen and oxygen atoms in total. The Balaban J connectivity index is 2.66. The van der Waals surface area contributed by atoms with Crippen LogP contribution >= 0.6 is 0 Å². The van der Waals surface area contributed by atoms with Crippen LogP contribution in [0.4, 0.5) is 0 Å². The second-order valence-electron chi connectivity index (χ2n) is 4.65. The minimum atomic E-state index is -4.03. The molecule has 102 valence electrons. The van der Waals surface area contributed by atoms with Gasteiger partial charge in [-0.1, -0.05) is 18.0 Å². The lowest BCUT2D eigenvalue weighted by molar-refractivity contribution is -0.890. The number of quaternary nitrogens is 1. The summed E-state index contributed by atoms with van der Waals surface area (Å²) < 4.78 is 52.0. The fourth-order valence-corrected chi connectivity index (χ4v) is 4.22. The quantitative estimate of drug-likeness (QED) is 0.447. The maximum absolute atomic E-state index is 10.9. The van der Waals surface area contributed by atoms with E-state index in [4.69, 9.17) is 4.55 Å². The van der Waals surface area contributed by atoms with Crippen LogP contribution < -0.4 is 4.90 Å². The highest BCUT2D eigenvalue weighted by molar-refractivity contribution is 7.85. The molecule has 4 atom stereocenters. The van der Waals surface area contributed by atoms with Crippen LogP contribution in [0.5, 0.6) is 0 Å². The Bertz CT molecular complexity index is 370. The van der Waals surface area contributed by atoms with Gasteiger partial charge in [0.05, 0.1) is 25.4 Å². The van der Waals surface area contributed by atoms with Crippen LogP contribution in [0.3, 0.4) is 0 Å². The summed E-state index contributed by atoms with van der Waals surface area (Å²) >= 11 is -2.16. The number of rotatable bonds is 6. The Morgan fingerprint density at radius 3 is 2.47 bits per heavy atom. The topological polar surface area (TPSA) is 98.9 Å². The SMILES string of the molecule is CCC[NH+]1CC(CS(=O)[O-])C(CS(=O)(=O)O)C1. The van der Waals surface area contributed by atoms with Crippen molar-refractivity contribution < 1.29 is 26.6 Å². The molecule has 1 saturated heterocycles. The summed E-state index contributed by atoms with van der Waals surface area (Å²) in [4.78, 5) is 1.22. The van der Waals surface area contributed by atoms with Crippen molar-refractivity contribution >= 4 is 21.2 Å². The zero-order valence-corrected chi connectivity index (χ0v) is 11.4. The molecule has 0 spiro atoms. The molecule has 4 unspecified atom stereocenters. The van der Waals surface area contributed by atoms with E-state index in [2.05, 4.69) is 0 Å². The standard InChI is InChI=1S/C9H19NO5S2/c1-2-3-10-4-8(6-16(11)12)9(5-10)7-17(13,14)15/h8-9H,2-7H2,1H3,(H,11,12)(H,13,14,15). The van der Waals surface area contributed by atoms with Crippen molar-refractivity contribution in [3.05, 3.63) is 0 Å². The summed E-state index contributed by atoms with van der Waals surface area (Å²) in [5, 5.41) is 0. The molecule has 1 rings (SSSR count). The first-order chi connectivity index (χ1) is 7.81. The van der Waals surface area contributed by atoms with Gasteiger partial charge in [-0.25, -0.2) is 0 Å². The first kappa shape index (κ1) is 15.0. The molecular weight excluding hydrogens is 266 g/mol. The van der Waals surface area contributed by atoms with Gasteiger partial charge in [0.2, 0.25) is 0 Å². The predicted octanol–water partition coefficient (Wildman–Crippen LogP) is -1.71. The lowest BCUT2D eigenvalue weighted by atomic mass is 10.0. The van der Waals surface area contributed by atoms with Crippen molar-refractivity contribution in [2.45, 2.75) is 13.3 Å². The molecule has 1 heterocycles. The molecule has 0 aliphatic carbocycles. The minimum Gasteiger partial charge on any atom is -0.772 e. The summed E-state index contributed by atoms with van der Waals surface area (Å²) in [6, 6.07) is 0. The Morgan fingerprint density at radius 1 is 1.41 bits per heavy atom. The monoisotopic (exact) mass is 285 g/mol. The van der Waals surface area contributed by atoms with Crippen LogP contribution in [0, 0.1) is 11.8 Å². The summed E-state index contributed by atoms with van der Waals surface area (Å²) in [6.07, 6.45) is 0.973. The van der Waals surface area contributed by atoms with Gasteiger partial charge in [0.1, 0.15) is 0 Å². The fraction of sp³-hybridized carbons (Fsp3) is 1.00. The lowest BCUT2D eigenvalue weighted by Crippen LogP contribution is -3.10. The second-order valence-corrected chi connectivity index (χ2v) is 7.09. The third kappa shape index (κ3) is 5.43. The zero-order valence-electron chi connectivity index (χ0n) is 9.79. The molecule has 8 heteroatoms. The summed E-state index contributed by atoms with van der Waals surface area (Å²) in [6.45, 7) is 4.23. The van der Waals surface area contributed by atoms with Gasteiger partial charge in [-0.05, 0) is 6.42 Å². The first-order valence-electron chi connectivity index (χ1n) is 5.66. The lowest BCUT2D eigenvalue weighted by Gasteiger charge is -2.15. The summed E-state index contributed by atoms with van der Waals surface area (Å²) in [7, 11) is -4.03. The Kier molecular flexibility index (Phi) is 5.52. The summed E-state index contributed by atoms with van der Waals surface area (Å²) in [5.74, 6) is -0.781. The second kappa shape index (κ2) is 6.24. The van der Waals surface area contributed by atoms with Crippen LogP contribution in [0.1, 0.15) is 13.3 Å². The first-order valence-corrected chi connectivity index (χ1v) is 8.51. The van der Waals surface area contributed by atoms with Crippen molar-refractivity contribution in [1.29, 1.82) is 0 Å². The minimum absolute atomic E-state index is 0.0204. The van der Waals surface area contributed by atoms with Gasteiger partial charge < -0.3 is 9.45 Å². The van der Waals surface area contributed by atoms with Crippen LogP contribution in [0.15, 0.2) is 0 Å². The van der Waals surface area contributed by atoms with Crippen LogP contribution in [-0.4, -0.2) is 52.9 Å². The van der Waals surface area contributed by atoms with Crippen LogP contribution in [0.25, 0.3) is 0 Å². The normalized spacial score (nSPS) is 31.6. The predicted molar refractivity (Wildman–Crippen MR) is 63.0 cm³/mol. The van der Waals surface area contributed by atoms with E-state index in [-0.39, 0.29) is 23.3 Å². The van der Waals surface area contributed by atoms with E-state index in [0.717, 1.165) is 13.0 Å². The average Bonchev–Trinajstić information content (AvgIpc) is 2.44. The Labute approximate surface area is 104 Å². The van der Waals surface area contributed by atoms with Gasteiger partial charge in [0.25, 0.3) is 10.1 Å². The van der Waals surface area contributed by atoms with Crippen LogP contribution in [0.2, 0.25) is 0 Å². The van der Waals surface area contributed by atoms with Crippen molar-refractivity contribution in [2.75, 3.05) is 31.1 Å². The third-order valence-corrected chi connectivity index (χ3v) is 4.70. The van der Waals surface area contributed by atoms with Crippen molar-refractivity contribution in [3.63, 3.8) is 0 Å². The van der Waals surface area contributed by atoms with Crippen LogP contribution in [-0.2, 0) is 21.2 Å². The van der Waals surface area contributed by atoms with E-state index in [1.807, 2.05) is 6.92 Å². The smallest absolute Gasteiger partial charge is 0.265 e. The van der Waals surface area contributed by atoms with Gasteiger partial charge in [-0.2, -0.15) is 8.42 Å². The molecule has 1 fully saturated rings. The number of likely N-dealkylation sites (tertiary alicyclic amines) is 1. The van der Waals surface area contributed by atoms with E-state index in [1.54, 1.807) is 0 Å². The summed E-state index contributed by atoms with van der Waals surface area (Å²) in [5.41, 5.74) is 0. The van der Waals surface area contributed by atoms with Gasteiger partial charge in [0, 0.05) is 17.6 Å². The van der Waals surface area contributed by atoms with Gasteiger partial charge in [0.15, 0.2) is 0 Å². The number of hydrogen-bond donors (Lipinski definition) is 2. The molecule has 1 aliphatic heterocycles. The van der Waals surface area contributed by atoms with Crippen molar-refractivity contribution in [1.82, 2.24) is 0 Å². The highest BCUT2D eigenvalue weighted by Gasteiger charge is 2.38. The average molecular weight is 285 g/mol. The molecule has 0 aromatic carbocycles. The highest BCUT2D eigenvalue weighted by atomic mass is 32.2. The maximum atomic E-state index is 10.9. The zero-order chi connectivity index (χ0) is 13.1. The van der Waals surface area contributed by atoms with Crippen molar-refractivity contribution in [2.24, 2.45) is 11.8 Å². The molecule has 2 N–H and O–H groups in total. The van der Waals surface area contributed by atoms with E-state index in [0.29, 0.717) is 13.1 Å².